The zero-order valence-electron chi connectivity index (χ0n) is 9.15. The lowest BCUT2D eigenvalue weighted by molar-refractivity contribution is 0.451. The lowest BCUT2D eigenvalue weighted by Crippen LogP contribution is -2.28. The number of nitrogens with two attached hydrogens (primary N) is 1. The summed E-state index contributed by atoms with van der Waals surface area (Å²) in [5.41, 5.74) is 9.28. The minimum absolute atomic E-state index is 0.441. The van der Waals surface area contributed by atoms with E-state index in [9.17, 15) is 0 Å². The van der Waals surface area contributed by atoms with Crippen LogP contribution in [0.15, 0.2) is 24.3 Å². The van der Waals surface area contributed by atoms with Gasteiger partial charge in [-0.05, 0) is 42.2 Å². The maximum Gasteiger partial charge on any atom is 0.00474 e. The standard InChI is InChI=1S/C14H19N/c15-13(7-10-5-6-10)9-12-8-11-3-1-2-4-14(11)12/h1-4,10,12-13H,5-9,15H2. The second-order valence-electron chi connectivity index (χ2n) is 5.27. The van der Waals surface area contributed by atoms with E-state index in [1.165, 1.54) is 32.1 Å². The topological polar surface area (TPSA) is 26.0 Å². The molecular formula is C14H19N. The van der Waals surface area contributed by atoms with Gasteiger partial charge < -0.3 is 5.73 Å². The third-order valence-electron chi connectivity index (χ3n) is 3.88. The molecular weight excluding hydrogens is 182 g/mol. The van der Waals surface area contributed by atoms with Gasteiger partial charge in [-0.3, -0.25) is 0 Å². The van der Waals surface area contributed by atoms with E-state index >= 15 is 0 Å². The minimum atomic E-state index is 0.441. The molecule has 15 heavy (non-hydrogen) atoms. The van der Waals surface area contributed by atoms with Gasteiger partial charge in [-0.1, -0.05) is 37.1 Å². The molecule has 2 aliphatic carbocycles. The quantitative estimate of drug-likeness (QED) is 0.796. The molecule has 1 aromatic rings. The molecule has 80 valence electrons. The number of hydrogen-bond donors (Lipinski definition) is 1. The van der Waals surface area contributed by atoms with Crippen molar-refractivity contribution in [2.75, 3.05) is 0 Å². The molecule has 0 radical (unpaired) electrons. The highest BCUT2D eigenvalue weighted by Crippen LogP contribution is 2.40. The van der Waals surface area contributed by atoms with Gasteiger partial charge in [0.1, 0.15) is 0 Å². The number of rotatable bonds is 4. The summed E-state index contributed by atoms with van der Waals surface area (Å²) in [5, 5.41) is 0. The summed E-state index contributed by atoms with van der Waals surface area (Å²) in [6, 6.07) is 9.25. The Morgan fingerprint density at radius 3 is 2.73 bits per heavy atom. The summed E-state index contributed by atoms with van der Waals surface area (Å²) in [5.74, 6) is 1.73. The van der Waals surface area contributed by atoms with Crippen molar-refractivity contribution in [3.63, 3.8) is 0 Å². The van der Waals surface area contributed by atoms with E-state index in [4.69, 9.17) is 5.73 Å². The number of hydrogen-bond acceptors (Lipinski definition) is 1. The summed E-state index contributed by atoms with van der Waals surface area (Å²) in [6.07, 6.45) is 6.57. The molecule has 2 N–H and O–H groups in total. The van der Waals surface area contributed by atoms with Gasteiger partial charge in [0, 0.05) is 6.04 Å². The molecule has 3 rings (SSSR count). The molecule has 1 heteroatoms. The molecule has 0 heterocycles. The molecule has 0 amide bonds. The Morgan fingerprint density at radius 1 is 1.20 bits per heavy atom. The van der Waals surface area contributed by atoms with Crippen LogP contribution in [0.2, 0.25) is 0 Å². The first-order chi connectivity index (χ1) is 7.33. The monoisotopic (exact) mass is 201 g/mol. The normalized spacial score (nSPS) is 25.5. The SMILES string of the molecule is NC(CC1CC1)CC1Cc2ccccc21. The first-order valence-electron chi connectivity index (χ1n) is 6.16. The molecule has 0 saturated heterocycles. The predicted octanol–water partition coefficient (Wildman–Crippen LogP) is 2.84. The third kappa shape index (κ3) is 1.93. The lowest BCUT2D eigenvalue weighted by atomic mass is 9.74. The van der Waals surface area contributed by atoms with Gasteiger partial charge in [-0.2, -0.15) is 0 Å². The first-order valence-corrected chi connectivity index (χ1v) is 6.16. The minimum Gasteiger partial charge on any atom is -0.328 e. The Kier molecular flexibility index (Phi) is 2.28. The van der Waals surface area contributed by atoms with E-state index < -0.39 is 0 Å². The molecule has 0 spiro atoms. The second-order valence-corrected chi connectivity index (χ2v) is 5.27. The van der Waals surface area contributed by atoms with E-state index in [0.29, 0.717) is 6.04 Å². The largest absolute Gasteiger partial charge is 0.328 e. The van der Waals surface area contributed by atoms with Crippen LogP contribution in [-0.4, -0.2) is 6.04 Å². The van der Waals surface area contributed by atoms with Gasteiger partial charge in [-0.15, -0.1) is 0 Å². The fourth-order valence-corrected chi connectivity index (χ4v) is 2.82. The highest BCUT2D eigenvalue weighted by molar-refractivity contribution is 5.39. The molecule has 2 unspecified atom stereocenters. The Hall–Kier alpha value is -0.820. The molecule has 1 saturated carbocycles. The van der Waals surface area contributed by atoms with Crippen molar-refractivity contribution < 1.29 is 0 Å². The van der Waals surface area contributed by atoms with Gasteiger partial charge in [-0.25, -0.2) is 0 Å². The Morgan fingerprint density at radius 2 is 2.00 bits per heavy atom. The molecule has 1 aromatic carbocycles. The average molecular weight is 201 g/mol. The maximum atomic E-state index is 6.18. The molecule has 2 aliphatic rings. The van der Waals surface area contributed by atoms with E-state index in [0.717, 1.165) is 11.8 Å². The van der Waals surface area contributed by atoms with Crippen molar-refractivity contribution in [2.45, 2.75) is 44.1 Å². The predicted molar refractivity (Wildman–Crippen MR) is 62.8 cm³/mol. The van der Waals surface area contributed by atoms with Crippen LogP contribution in [0, 0.1) is 5.92 Å². The lowest BCUT2D eigenvalue weighted by Gasteiger charge is -2.32. The highest BCUT2D eigenvalue weighted by atomic mass is 14.6. The van der Waals surface area contributed by atoms with Crippen LogP contribution in [0.25, 0.3) is 0 Å². The molecule has 1 nitrogen and oxygen atoms in total. The fraction of sp³-hybridized carbons (Fsp3) is 0.571. The van der Waals surface area contributed by atoms with Crippen LogP contribution >= 0.6 is 0 Å². The Balaban J connectivity index is 1.57. The van der Waals surface area contributed by atoms with Crippen LogP contribution in [-0.2, 0) is 6.42 Å². The molecule has 0 bridgehead atoms. The van der Waals surface area contributed by atoms with Crippen LogP contribution in [0.5, 0.6) is 0 Å². The summed E-state index contributed by atoms with van der Waals surface area (Å²) in [6.45, 7) is 0. The smallest absolute Gasteiger partial charge is 0.00474 e. The van der Waals surface area contributed by atoms with Crippen molar-refractivity contribution in [3.8, 4) is 0 Å². The van der Waals surface area contributed by atoms with Crippen molar-refractivity contribution in [3.05, 3.63) is 35.4 Å². The number of benzene rings is 1. The van der Waals surface area contributed by atoms with Gasteiger partial charge in [0.15, 0.2) is 0 Å². The summed E-state index contributed by atoms with van der Waals surface area (Å²) >= 11 is 0. The molecule has 0 aliphatic heterocycles. The van der Waals surface area contributed by atoms with E-state index in [-0.39, 0.29) is 0 Å². The van der Waals surface area contributed by atoms with Gasteiger partial charge in [0.25, 0.3) is 0 Å². The highest BCUT2D eigenvalue weighted by Gasteiger charge is 2.29. The van der Waals surface area contributed by atoms with Crippen LogP contribution < -0.4 is 5.73 Å². The second kappa shape index (κ2) is 3.64. The van der Waals surface area contributed by atoms with Gasteiger partial charge >= 0.3 is 0 Å². The maximum absolute atomic E-state index is 6.18. The summed E-state index contributed by atoms with van der Waals surface area (Å²) in [4.78, 5) is 0. The van der Waals surface area contributed by atoms with Crippen molar-refractivity contribution in [1.29, 1.82) is 0 Å². The third-order valence-corrected chi connectivity index (χ3v) is 3.88. The zero-order valence-corrected chi connectivity index (χ0v) is 9.15. The van der Waals surface area contributed by atoms with Crippen LogP contribution in [0.3, 0.4) is 0 Å². The molecule has 2 atom stereocenters. The van der Waals surface area contributed by atoms with Crippen molar-refractivity contribution in [1.82, 2.24) is 0 Å². The van der Waals surface area contributed by atoms with Crippen molar-refractivity contribution in [2.24, 2.45) is 11.7 Å². The summed E-state index contributed by atoms with van der Waals surface area (Å²) < 4.78 is 0. The zero-order chi connectivity index (χ0) is 10.3. The van der Waals surface area contributed by atoms with E-state index in [1.807, 2.05) is 0 Å². The molecule has 0 aromatic heterocycles. The van der Waals surface area contributed by atoms with Crippen molar-refractivity contribution >= 4 is 0 Å². The van der Waals surface area contributed by atoms with E-state index in [2.05, 4.69) is 24.3 Å². The van der Waals surface area contributed by atoms with Gasteiger partial charge in [0.2, 0.25) is 0 Å². The average Bonchev–Trinajstić information content (AvgIpc) is 2.98. The van der Waals surface area contributed by atoms with E-state index in [1.54, 1.807) is 11.1 Å². The van der Waals surface area contributed by atoms with Crippen LogP contribution in [0.1, 0.15) is 42.7 Å². The first kappa shape index (κ1) is 9.41. The summed E-state index contributed by atoms with van der Waals surface area (Å²) in [7, 11) is 0. The molecule has 1 fully saturated rings. The Bertz CT molecular complexity index is 354. The van der Waals surface area contributed by atoms with Gasteiger partial charge in [0.05, 0.1) is 0 Å². The van der Waals surface area contributed by atoms with Crippen LogP contribution in [0.4, 0.5) is 0 Å². The number of fused-ring (bicyclic) bond motifs is 1. The fourth-order valence-electron chi connectivity index (χ4n) is 2.82. The Labute approximate surface area is 91.7 Å².